The van der Waals surface area contributed by atoms with Crippen molar-refractivity contribution in [1.82, 2.24) is 10.7 Å². The van der Waals surface area contributed by atoms with Gasteiger partial charge in [-0.1, -0.05) is 54.1 Å². The van der Waals surface area contributed by atoms with Crippen molar-refractivity contribution in [2.75, 3.05) is 18.5 Å². The zero-order chi connectivity index (χ0) is 24.9. The molecule has 0 aliphatic heterocycles. The maximum absolute atomic E-state index is 12.0. The average molecular weight is 493 g/mol. The van der Waals surface area contributed by atoms with Crippen LogP contribution in [0.5, 0.6) is 5.75 Å². The number of hydrogen-bond acceptors (Lipinski definition) is 5. The zero-order valence-corrected chi connectivity index (χ0v) is 19.6. The van der Waals surface area contributed by atoms with E-state index in [1.807, 2.05) is 30.3 Å². The van der Waals surface area contributed by atoms with E-state index in [0.29, 0.717) is 35.0 Å². The lowest BCUT2D eigenvalue weighted by molar-refractivity contribution is -0.129. The third kappa shape index (κ3) is 9.30. The summed E-state index contributed by atoms with van der Waals surface area (Å²) >= 11 is 6.02. The molecule has 3 aromatic carbocycles. The van der Waals surface area contributed by atoms with Gasteiger partial charge in [0.15, 0.2) is 6.61 Å². The number of hydrogen-bond donors (Lipinski definition) is 3. The van der Waals surface area contributed by atoms with E-state index in [0.717, 1.165) is 5.56 Å². The Bertz CT molecular complexity index is 1170. The van der Waals surface area contributed by atoms with Gasteiger partial charge in [0.1, 0.15) is 12.2 Å². The lowest BCUT2D eigenvalue weighted by Gasteiger charge is -2.08. The van der Waals surface area contributed by atoms with Crippen LogP contribution >= 0.6 is 11.6 Å². The van der Waals surface area contributed by atoms with Gasteiger partial charge < -0.3 is 15.4 Å². The van der Waals surface area contributed by atoms with Gasteiger partial charge in [0.2, 0.25) is 11.8 Å². The molecule has 0 radical (unpaired) electrons. The highest BCUT2D eigenvalue weighted by Gasteiger charge is 2.08. The van der Waals surface area contributed by atoms with Gasteiger partial charge >= 0.3 is 0 Å². The van der Waals surface area contributed by atoms with Crippen molar-refractivity contribution in [2.45, 2.75) is 12.8 Å². The Morgan fingerprint density at radius 3 is 2.31 bits per heavy atom. The third-order valence-corrected chi connectivity index (χ3v) is 5.03. The van der Waals surface area contributed by atoms with Gasteiger partial charge in [-0.3, -0.25) is 14.4 Å². The first kappa shape index (κ1) is 25.5. The molecule has 0 heterocycles. The molecule has 9 heteroatoms. The minimum absolute atomic E-state index is 0.178. The van der Waals surface area contributed by atoms with Crippen LogP contribution in [0.3, 0.4) is 0 Å². The molecule has 0 aliphatic rings. The summed E-state index contributed by atoms with van der Waals surface area (Å²) in [7, 11) is 0. The second-order valence-corrected chi connectivity index (χ2v) is 7.85. The summed E-state index contributed by atoms with van der Waals surface area (Å²) < 4.78 is 5.47. The Kier molecular flexibility index (Phi) is 9.83. The predicted octanol–water partition coefficient (Wildman–Crippen LogP) is 3.56. The lowest BCUT2D eigenvalue weighted by Crippen LogP contribution is -2.31. The molecule has 0 spiro atoms. The Hall–Kier alpha value is -4.17. The Morgan fingerprint density at radius 1 is 0.857 bits per heavy atom. The average Bonchev–Trinajstić information content (AvgIpc) is 2.85. The van der Waals surface area contributed by atoms with E-state index in [1.165, 1.54) is 6.21 Å². The van der Waals surface area contributed by atoms with Crippen molar-refractivity contribution in [2.24, 2.45) is 5.10 Å². The minimum Gasteiger partial charge on any atom is -0.484 e. The van der Waals surface area contributed by atoms with E-state index in [9.17, 15) is 14.4 Å². The number of amides is 3. The largest absolute Gasteiger partial charge is 0.484 e. The van der Waals surface area contributed by atoms with Gasteiger partial charge in [-0.05, 0) is 53.9 Å². The van der Waals surface area contributed by atoms with Crippen molar-refractivity contribution < 1.29 is 19.1 Å². The molecule has 8 nitrogen and oxygen atoms in total. The molecule has 0 unspecified atom stereocenters. The molecule has 3 N–H and O–H groups in total. The molecule has 0 fully saturated rings. The molecule has 3 aromatic rings. The van der Waals surface area contributed by atoms with Gasteiger partial charge in [0, 0.05) is 6.54 Å². The molecule has 35 heavy (non-hydrogen) atoms. The molecule has 0 aromatic heterocycles. The molecule has 0 aliphatic carbocycles. The summed E-state index contributed by atoms with van der Waals surface area (Å²) in [4.78, 5) is 35.8. The summed E-state index contributed by atoms with van der Waals surface area (Å²) in [6, 6.07) is 23.5. The van der Waals surface area contributed by atoms with E-state index in [4.69, 9.17) is 16.3 Å². The topological polar surface area (TPSA) is 109 Å². The molecular formula is C26H25ClN4O4. The number of hydrazone groups is 1. The fourth-order valence-electron chi connectivity index (χ4n) is 2.97. The number of rotatable bonds is 11. The number of anilines is 1. The highest BCUT2D eigenvalue weighted by Crippen LogP contribution is 2.20. The van der Waals surface area contributed by atoms with E-state index in [2.05, 4.69) is 21.2 Å². The van der Waals surface area contributed by atoms with Gasteiger partial charge in [-0.2, -0.15) is 5.10 Å². The molecule has 3 amide bonds. The number of carbonyl (C=O) groups excluding carboxylic acids is 3. The van der Waals surface area contributed by atoms with Crippen LogP contribution in [0, 0.1) is 0 Å². The van der Waals surface area contributed by atoms with Crippen molar-refractivity contribution in [1.29, 1.82) is 0 Å². The standard InChI is InChI=1S/C26H25ClN4O4/c27-22-8-4-5-9-23(22)30-26(34)18-35-21-12-10-20(11-13-21)17-29-31-25(33)16-24(32)28-15-14-19-6-2-1-3-7-19/h1-13,17H,14-16,18H2,(H,28,32)(H,30,34)(H,31,33)/b29-17+. The summed E-state index contributed by atoms with van der Waals surface area (Å²) in [6.45, 7) is 0.275. The summed E-state index contributed by atoms with van der Waals surface area (Å²) in [5.74, 6) is -0.722. The monoisotopic (exact) mass is 492 g/mol. The minimum atomic E-state index is -0.511. The summed E-state index contributed by atoms with van der Waals surface area (Å²) in [5.41, 5.74) is 4.65. The SMILES string of the molecule is O=C(CC(=O)N/N=C/c1ccc(OCC(=O)Nc2ccccc2Cl)cc1)NCCc1ccccc1. The lowest BCUT2D eigenvalue weighted by atomic mass is 10.1. The van der Waals surface area contributed by atoms with E-state index in [-0.39, 0.29) is 24.8 Å². The quantitative estimate of drug-likeness (QED) is 0.216. The first-order chi connectivity index (χ1) is 17.0. The maximum Gasteiger partial charge on any atom is 0.262 e. The third-order valence-electron chi connectivity index (χ3n) is 4.70. The number of nitrogens with one attached hydrogen (secondary N) is 3. The van der Waals surface area contributed by atoms with Crippen LogP contribution in [0.25, 0.3) is 0 Å². The molecule has 0 atom stereocenters. The second-order valence-electron chi connectivity index (χ2n) is 7.44. The van der Waals surface area contributed by atoms with Crippen molar-refractivity contribution in [3.05, 3.63) is 95.0 Å². The van der Waals surface area contributed by atoms with Gasteiger partial charge in [-0.15, -0.1) is 0 Å². The maximum atomic E-state index is 12.0. The normalized spacial score (nSPS) is 10.5. The Morgan fingerprint density at radius 2 is 1.57 bits per heavy atom. The van der Waals surface area contributed by atoms with Crippen molar-refractivity contribution in [3.8, 4) is 5.75 Å². The Labute approximate surface area is 208 Å². The van der Waals surface area contributed by atoms with Crippen molar-refractivity contribution >= 4 is 41.2 Å². The fourth-order valence-corrected chi connectivity index (χ4v) is 3.15. The second kappa shape index (κ2) is 13.5. The van der Waals surface area contributed by atoms with Crippen LogP contribution in [-0.2, 0) is 20.8 Å². The molecule has 0 saturated heterocycles. The molecule has 180 valence electrons. The van der Waals surface area contributed by atoms with E-state index < -0.39 is 5.91 Å². The summed E-state index contributed by atoms with van der Waals surface area (Å²) in [6.07, 6.45) is 1.83. The fraction of sp³-hybridized carbons (Fsp3) is 0.154. The molecule has 0 bridgehead atoms. The van der Waals surface area contributed by atoms with E-state index in [1.54, 1.807) is 48.5 Å². The zero-order valence-electron chi connectivity index (χ0n) is 18.9. The first-order valence-corrected chi connectivity index (χ1v) is 11.3. The number of halogens is 1. The number of carbonyl (C=O) groups is 3. The highest BCUT2D eigenvalue weighted by atomic mass is 35.5. The molecule has 3 rings (SSSR count). The van der Waals surface area contributed by atoms with Gasteiger partial charge in [-0.25, -0.2) is 5.43 Å². The van der Waals surface area contributed by atoms with Crippen LogP contribution in [0.4, 0.5) is 5.69 Å². The predicted molar refractivity (Wildman–Crippen MR) is 136 cm³/mol. The number of nitrogens with zero attached hydrogens (tertiary/aromatic N) is 1. The van der Waals surface area contributed by atoms with Crippen LogP contribution in [0.1, 0.15) is 17.5 Å². The van der Waals surface area contributed by atoms with E-state index >= 15 is 0 Å². The van der Waals surface area contributed by atoms with Gasteiger partial charge in [0.05, 0.1) is 16.9 Å². The van der Waals surface area contributed by atoms with Crippen LogP contribution < -0.4 is 20.8 Å². The number of para-hydroxylation sites is 1. The smallest absolute Gasteiger partial charge is 0.262 e. The van der Waals surface area contributed by atoms with Crippen LogP contribution in [-0.4, -0.2) is 37.1 Å². The summed E-state index contributed by atoms with van der Waals surface area (Å²) in [5, 5.41) is 9.69. The number of benzene rings is 3. The highest BCUT2D eigenvalue weighted by molar-refractivity contribution is 6.33. The van der Waals surface area contributed by atoms with Crippen LogP contribution in [0.15, 0.2) is 84.0 Å². The molecular weight excluding hydrogens is 468 g/mol. The van der Waals surface area contributed by atoms with Crippen molar-refractivity contribution in [3.63, 3.8) is 0 Å². The first-order valence-electron chi connectivity index (χ1n) is 10.9. The number of ether oxygens (including phenoxy) is 1. The Balaban J connectivity index is 1.34. The van der Waals surface area contributed by atoms with Gasteiger partial charge in [0.25, 0.3) is 5.91 Å². The molecule has 0 saturated carbocycles. The van der Waals surface area contributed by atoms with Crippen LogP contribution in [0.2, 0.25) is 5.02 Å².